The number of rotatable bonds is 2. The van der Waals surface area contributed by atoms with Gasteiger partial charge in [-0.05, 0) is 27.6 Å². The zero-order valence-corrected chi connectivity index (χ0v) is 7.68. The van der Waals surface area contributed by atoms with Crippen molar-refractivity contribution in [3.8, 4) is 0 Å². The van der Waals surface area contributed by atoms with Gasteiger partial charge in [0, 0.05) is 12.7 Å². The van der Waals surface area contributed by atoms with Crippen molar-refractivity contribution in [1.82, 2.24) is 4.98 Å². The Morgan fingerprint density at radius 1 is 1.58 bits per heavy atom. The third kappa shape index (κ3) is 1.98. The van der Waals surface area contributed by atoms with Crippen molar-refractivity contribution >= 4 is 15.9 Å². The smallest absolute Gasteiger partial charge is 0.266 e. The summed E-state index contributed by atoms with van der Waals surface area (Å²) in [6, 6.07) is 1.35. The first-order valence-corrected chi connectivity index (χ1v) is 4.07. The molecular weight excluding hydrogens is 230 g/mol. The van der Waals surface area contributed by atoms with E-state index in [0.29, 0.717) is 5.56 Å². The van der Waals surface area contributed by atoms with Crippen LogP contribution < -0.4 is 5.73 Å². The van der Waals surface area contributed by atoms with E-state index in [1.807, 2.05) is 0 Å². The van der Waals surface area contributed by atoms with Gasteiger partial charge in [0.25, 0.3) is 6.43 Å². The monoisotopic (exact) mass is 236 g/mol. The van der Waals surface area contributed by atoms with Crippen LogP contribution in [0.2, 0.25) is 0 Å². The van der Waals surface area contributed by atoms with Gasteiger partial charge >= 0.3 is 0 Å². The summed E-state index contributed by atoms with van der Waals surface area (Å²) in [6.07, 6.45) is -1.05. The fraction of sp³-hybridized carbons (Fsp3) is 0.286. The summed E-state index contributed by atoms with van der Waals surface area (Å²) in [7, 11) is 0. The standard InChI is InChI=1S/C7H7BrF2N2/c8-6-5(7(9)10)1-4(2-11)3-12-6/h1,3,7H,2,11H2. The van der Waals surface area contributed by atoms with E-state index < -0.39 is 6.43 Å². The molecule has 0 aliphatic heterocycles. The molecule has 0 fully saturated rings. The van der Waals surface area contributed by atoms with Crippen LogP contribution >= 0.6 is 15.9 Å². The van der Waals surface area contributed by atoms with Gasteiger partial charge in [-0.2, -0.15) is 0 Å². The molecule has 0 aliphatic rings. The van der Waals surface area contributed by atoms with Gasteiger partial charge in [-0.1, -0.05) is 0 Å². The third-order valence-corrected chi connectivity index (χ3v) is 2.06. The number of alkyl halides is 2. The van der Waals surface area contributed by atoms with Crippen molar-refractivity contribution in [2.45, 2.75) is 13.0 Å². The van der Waals surface area contributed by atoms with Gasteiger partial charge in [0.2, 0.25) is 0 Å². The van der Waals surface area contributed by atoms with Crippen LogP contribution in [-0.4, -0.2) is 4.98 Å². The van der Waals surface area contributed by atoms with Crippen LogP contribution in [0.5, 0.6) is 0 Å². The highest BCUT2D eigenvalue weighted by Gasteiger charge is 2.12. The number of aromatic nitrogens is 1. The fourth-order valence-electron chi connectivity index (χ4n) is 0.775. The summed E-state index contributed by atoms with van der Waals surface area (Å²) in [4.78, 5) is 3.73. The highest BCUT2D eigenvalue weighted by atomic mass is 79.9. The molecule has 0 saturated carbocycles. The lowest BCUT2D eigenvalue weighted by atomic mass is 10.2. The molecule has 1 heterocycles. The zero-order chi connectivity index (χ0) is 9.14. The van der Waals surface area contributed by atoms with E-state index in [1.165, 1.54) is 12.3 Å². The minimum atomic E-state index is -2.52. The highest BCUT2D eigenvalue weighted by molar-refractivity contribution is 9.10. The molecule has 0 atom stereocenters. The summed E-state index contributed by atoms with van der Waals surface area (Å²) in [5.74, 6) is 0. The molecule has 0 unspecified atom stereocenters. The van der Waals surface area contributed by atoms with Gasteiger partial charge < -0.3 is 5.73 Å². The van der Waals surface area contributed by atoms with Crippen molar-refractivity contribution in [3.63, 3.8) is 0 Å². The topological polar surface area (TPSA) is 38.9 Å². The summed E-state index contributed by atoms with van der Waals surface area (Å²) >= 11 is 2.93. The first-order chi connectivity index (χ1) is 5.65. The van der Waals surface area contributed by atoms with Gasteiger partial charge in [-0.3, -0.25) is 0 Å². The van der Waals surface area contributed by atoms with Crippen molar-refractivity contribution in [3.05, 3.63) is 28.0 Å². The van der Waals surface area contributed by atoms with E-state index >= 15 is 0 Å². The Morgan fingerprint density at radius 3 is 2.75 bits per heavy atom. The number of pyridine rings is 1. The number of nitrogens with zero attached hydrogens (tertiary/aromatic N) is 1. The molecule has 0 radical (unpaired) electrons. The molecule has 0 saturated heterocycles. The highest BCUT2D eigenvalue weighted by Crippen LogP contribution is 2.25. The summed E-state index contributed by atoms with van der Waals surface area (Å²) in [5, 5.41) is 0. The quantitative estimate of drug-likeness (QED) is 0.801. The number of nitrogens with two attached hydrogens (primary N) is 1. The Bertz CT molecular complexity index is 278. The molecule has 2 N–H and O–H groups in total. The minimum absolute atomic E-state index is 0.113. The Hall–Kier alpha value is -0.550. The van der Waals surface area contributed by atoms with E-state index in [1.54, 1.807) is 0 Å². The lowest BCUT2D eigenvalue weighted by Gasteiger charge is -2.03. The van der Waals surface area contributed by atoms with E-state index in [0.717, 1.165) is 0 Å². The first kappa shape index (κ1) is 9.54. The van der Waals surface area contributed by atoms with Crippen LogP contribution in [-0.2, 0) is 6.54 Å². The van der Waals surface area contributed by atoms with E-state index in [4.69, 9.17) is 5.73 Å². The average molecular weight is 237 g/mol. The Labute approximate surface area is 76.9 Å². The number of halogens is 3. The minimum Gasteiger partial charge on any atom is -0.326 e. The van der Waals surface area contributed by atoms with Crippen molar-refractivity contribution in [1.29, 1.82) is 0 Å². The fourth-order valence-corrected chi connectivity index (χ4v) is 1.17. The van der Waals surface area contributed by atoms with Crippen molar-refractivity contribution in [2.75, 3.05) is 0 Å². The van der Waals surface area contributed by atoms with Crippen LogP contribution in [0.3, 0.4) is 0 Å². The maximum absolute atomic E-state index is 12.2. The molecular formula is C7H7BrF2N2. The molecule has 1 aromatic heterocycles. The molecule has 5 heteroatoms. The van der Waals surface area contributed by atoms with Gasteiger partial charge in [0.1, 0.15) is 4.60 Å². The van der Waals surface area contributed by atoms with Crippen LogP contribution in [0.1, 0.15) is 17.6 Å². The van der Waals surface area contributed by atoms with Gasteiger partial charge in [0.15, 0.2) is 0 Å². The molecule has 0 aromatic carbocycles. The van der Waals surface area contributed by atoms with E-state index in [-0.39, 0.29) is 16.7 Å². The predicted octanol–water partition coefficient (Wildman–Crippen LogP) is 2.24. The average Bonchev–Trinajstić information content (AvgIpc) is 2.05. The number of hydrogen-bond donors (Lipinski definition) is 1. The van der Waals surface area contributed by atoms with Crippen LogP contribution in [0.25, 0.3) is 0 Å². The van der Waals surface area contributed by atoms with Crippen LogP contribution in [0.4, 0.5) is 8.78 Å². The molecule has 12 heavy (non-hydrogen) atoms. The second-order valence-corrected chi connectivity index (χ2v) is 2.98. The molecule has 2 nitrogen and oxygen atoms in total. The van der Waals surface area contributed by atoms with E-state index in [2.05, 4.69) is 20.9 Å². The molecule has 1 rings (SSSR count). The summed E-state index contributed by atoms with van der Waals surface area (Å²) in [6.45, 7) is 0.222. The lowest BCUT2D eigenvalue weighted by molar-refractivity contribution is 0.150. The normalized spacial score (nSPS) is 10.8. The predicted molar refractivity (Wildman–Crippen MR) is 44.8 cm³/mol. The molecule has 0 spiro atoms. The maximum Gasteiger partial charge on any atom is 0.266 e. The largest absolute Gasteiger partial charge is 0.326 e. The number of hydrogen-bond acceptors (Lipinski definition) is 2. The maximum atomic E-state index is 12.2. The third-order valence-electron chi connectivity index (χ3n) is 1.39. The molecule has 0 aliphatic carbocycles. The molecule has 0 amide bonds. The van der Waals surface area contributed by atoms with Crippen LogP contribution in [0, 0.1) is 0 Å². The first-order valence-electron chi connectivity index (χ1n) is 3.27. The van der Waals surface area contributed by atoms with Gasteiger partial charge in [0.05, 0.1) is 5.56 Å². The Balaban J connectivity index is 3.08. The Kier molecular flexibility index (Phi) is 3.11. The van der Waals surface area contributed by atoms with Crippen molar-refractivity contribution < 1.29 is 8.78 Å². The summed E-state index contributed by atoms with van der Waals surface area (Å²) < 4.78 is 24.6. The van der Waals surface area contributed by atoms with Gasteiger partial charge in [-0.25, -0.2) is 13.8 Å². The second-order valence-electron chi connectivity index (χ2n) is 2.23. The van der Waals surface area contributed by atoms with Gasteiger partial charge in [-0.15, -0.1) is 0 Å². The van der Waals surface area contributed by atoms with Crippen molar-refractivity contribution in [2.24, 2.45) is 5.73 Å². The second kappa shape index (κ2) is 3.91. The van der Waals surface area contributed by atoms with E-state index in [9.17, 15) is 8.78 Å². The molecule has 0 bridgehead atoms. The van der Waals surface area contributed by atoms with Crippen LogP contribution in [0.15, 0.2) is 16.9 Å². The lowest BCUT2D eigenvalue weighted by Crippen LogP contribution is -1.99. The Morgan fingerprint density at radius 2 is 2.25 bits per heavy atom. The molecule has 1 aromatic rings. The zero-order valence-electron chi connectivity index (χ0n) is 6.10. The SMILES string of the molecule is NCc1cnc(Br)c(C(F)F)c1. The molecule has 66 valence electrons. The summed E-state index contributed by atoms with van der Waals surface area (Å²) in [5.41, 5.74) is 5.76.